The Morgan fingerprint density at radius 1 is 1.16 bits per heavy atom. The van der Waals surface area contributed by atoms with Crippen LogP contribution in [-0.4, -0.2) is 38.7 Å². The minimum absolute atomic E-state index is 0.0366. The molecule has 1 aliphatic rings. The number of carbonyl (C=O) groups excluding carboxylic acids is 1. The molecule has 1 aliphatic heterocycles. The Morgan fingerprint density at radius 3 is 2.64 bits per heavy atom. The van der Waals surface area contributed by atoms with Gasteiger partial charge in [0.25, 0.3) is 5.91 Å². The summed E-state index contributed by atoms with van der Waals surface area (Å²) in [5, 5.41) is 8.69. The SMILES string of the molecule is CCn1ncc2c(Nc3ccccc3)c(C(=O)N3CCCC3)cnc21. The van der Waals surface area contributed by atoms with Crippen LogP contribution in [0.15, 0.2) is 42.7 Å². The van der Waals surface area contributed by atoms with E-state index in [-0.39, 0.29) is 5.91 Å². The highest BCUT2D eigenvalue weighted by Crippen LogP contribution is 2.30. The van der Waals surface area contributed by atoms with E-state index in [9.17, 15) is 4.79 Å². The average molecular weight is 335 g/mol. The van der Waals surface area contributed by atoms with E-state index >= 15 is 0 Å². The summed E-state index contributed by atoms with van der Waals surface area (Å²) in [6.45, 7) is 4.40. The van der Waals surface area contributed by atoms with Crippen molar-refractivity contribution in [3.63, 3.8) is 0 Å². The maximum absolute atomic E-state index is 13.0. The van der Waals surface area contributed by atoms with E-state index in [1.54, 1.807) is 12.4 Å². The molecule has 0 atom stereocenters. The van der Waals surface area contributed by atoms with Crippen LogP contribution < -0.4 is 5.32 Å². The Hall–Kier alpha value is -2.89. The third kappa shape index (κ3) is 2.84. The number of benzene rings is 1. The molecule has 0 unspecified atom stereocenters. The minimum atomic E-state index is 0.0366. The van der Waals surface area contributed by atoms with E-state index in [1.807, 2.05) is 46.8 Å². The first-order valence-corrected chi connectivity index (χ1v) is 8.74. The number of hydrogen-bond acceptors (Lipinski definition) is 4. The van der Waals surface area contributed by atoms with Crippen molar-refractivity contribution in [2.24, 2.45) is 0 Å². The van der Waals surface area contributed by atoms with Gasteiger partial charge in [-0.05, 0) is 31.9 Å². The fourth-order valence-electron chi connectivity index (χ4n) is 3.31. The van der Waals surface area contributed by atoms with E-state index < -0.39 is 0 Å². The number of hydrogen-bond donors (Lipinski definition) is 1. The Bertz CT molecular complexity index is 897. The largest absolute Gasteiger partial charge is 0.354 e. The number of nitrogens with zero attached hydrogens (tertiary/aromatic N) is 4. The molecule has 4 rings (SSSR count). The molecule has 1 saturated heterocycles. The first-order valence-electron chi connectivity index (χ1n) is 8.74. The molecule has 1 N–H and O–H groups in total. The van der Waals surface area contributed by atoms with Crippen molar-refractivity contribution in [3.05, 3.63) is 48.3 Å². The van der Waals surface area contributed by atoms with Gasteiger partial charge in [0, 0.05) is 31.5 Å². The van der Waals surface area contributed by atoms with Gasteiger partial charge in [-0.2, -0.15) is 5.10 Å². The Morgan fingerprint density at radius 2 is 1.92 bits per heavy atom. The highest BCUT2D eigenvalue weighted by molar-refractivity contribution is 6.07. The summed E-state index contributed by atoms with van der Waals surface area (Å²) < 4.78 is 1.84. The number of anilines is 2. The number of rotatable bonds is 4. The number of pyridine rings is 1. The van der Waals surface area contributed by atoms with Gasteiger partial charge in [0.15, 0.2) is 5.65 Å². The zero-order chi connectivity index (χ0) is 17.2. The quantitative estimate of drug-likeness (QED) is 0.793. The van der Waals surface area contributed by atoms with Gasteiger partial charge in [-0.15, -0.1) is 0 Å². The van der Waals surface area contributed by atoms with Crippen molar-refractivity contribution in [2.75, 3.05) is 18.4 Å². The van der Waals surface area contributed by atoms with Crippen LogP contribution in [0.4, 0.5) is 11.4 Å². The summed E-state index contributed by atoms with van der Waals surface area (Å²) >= 11 is 0. The van der Waals surface area contributed by atoms with Crippen LogP contribution in [0.2, 0.25) is 0 Å². The lowest BCUT2D eigenvalue weighted by Gasteiger charge is -2.18. The molecular weight excluding hydrogens is 314 g/mol. The second-order valence-electron chi connectivity index (χ2n) is 6.23. The van der Waals surface area contributed by atoms with Crippen LogP contribution in [0, 0.1) is 0 Å². The van der Waals surface area contributed by atoms with Crippen LogP contribution in [0.1, 0.15) is 30.1 Å². The molecule has 3 aromatic rings. The predicted molar refractivity (Wildman–Crippen MR) is 98.1 cm³/mol. The number of aromatic nitrogens is 3. The van der Waals surface area contributed by atoms with Crippen molar-refractivity contribution in [1.82, 2.24) is 19.7 Å². The number of carbonyl (C=O) groups is 1. The summed E-state index contributed by atoms with van der Waals surface area (Å²) in [4.78, 5) is 19.4. The maximum Gasteiger partial charge on any atom is 0.257 e. The van der Waals surface area contributed by atoms with E-state index in [1.165, 1.54) is 0 Å². The van der Waals surface area contributed by atoms with Crippen LogP contribution in [0.3, 0.4) is 0 Å². The molecule has 0 saturated carbocycles. The van der Waals surface area contributed by atoms with Crippen LogP contribution in [0.25, 0.3) is 11.0 Å². The van der Waals surface area contributed by atoms with Gasteiger partial charge in [-0.3, -0.25) is 4.79 Å². The molecule has 0 radical (unpaired) electrons. The highest BCUT2D eigenvalue weighted by Gasteiger charge is 2.24. The minimum Gasteiger partial charge on any atom is -0.354 e. The van der Waals surface area contributed by atoms with Crippen molar-refractivity contribution in [3.8, 4) is 0 Å². The predicted octanol–water partition coefficient (Wildman–Crippen LogP) is 3.43. The lowest BCUT2D eigenvalue weighted by atomic mass is 10.1. The molecule has 0 aliphatic carbocycles. The molecule has 1 amide bonds. The third-order valence-electron chi connectivity index (χ3n) is 4.63. The van der Waals surface area contributed by atoms with Gasteiger partial charge in [0.2, 0.25) is 0 Å². The molecule has 25 heavy (non-hydrogen) atoms. The molecule has 0 bridgehead atoms. The lowest BCUT2D eigenvalue weighted by Crippen LogP contribution is -2.28. The van der Waals surface area contributed by atoms with E-state index in [0.29, 0.717) is 5.56 Å². The third-order valence-corrected chi connectivity index (χ3v) is 4.63. The van der Waals surface area contributed by atoms with Crippen molar-refractivity contribution < 1.29 is 4.79 Å². The van der Waals surface area contributed by atoms with Gasteiger partial charge in [0.05, 0.1) is 22.8 Å². The number of likely N-dealkylation sites (tertiary alicyclic amines) is 1. The number of amides is 1. The van der Waals surface area contributed by atoms with Crippen molar-refractivity contribution in [1.29, 1.82) is 0 Å². The fourth-order valence-corrected chi connectivity index (χ4v) is 3.31. The standard InChI is InChI=1S/C19H21N5O/c1-2-24-18-15(13-21-24)17(22-14-8-4-3-5-9-14)16(12-20-18)19(25)23-10-6-7-11-23/h3-5,8-9,12-13H,2,6-7,10-11H2,1H3,(H,20,22). The monoisotopic (exact) mass is 335 g/mol. The Kier molecular flexibility index (Phi) is 4.09. The summed E-state index contributed by atoms with van der Waals surface area (Å²) in [7, 11) is 0. The molecule has 6 heteroatoms. The molecule has 128 valence electrons. The van der Waals surface area contributed by atoms with Crippen LogP contribution in [0.5, 0.6) is 0 Å². The number of para-hydroxylation sites is 1. The zero-order valence-electron chi connectivity index (χ0n) is 14.3. The van der Waals surface area contributed by atoms with Gasteiger partial charge in [-0.25, -0.2) is 9.67 Å². The average Bonchev–Trinajstić information content (AvgIpc) is 3.32. The second kappa shape index (κ2) is 6.55. The second-order valence-corrected chi connectivity index (χ2v) is 6.23. The number of aryl methyl sites for hydroxylation is 1. The number of nitrogens with one attached hydrogen (secondary N) is 1. The van der Waals surface area contributed by atoms with Gasteiger partial charge in [-0.1, -0.05) is 18.2 Å². The first-order chi connectivity index (χ1) is 12.3. The number of fused-ring (bicyclic) bond motifs is 1. The van der Waals surface area contributed by atoms with E-state index in [2.05, 4.69) is 15.4 Å². The molecular formula is C19H21N5O. The Labute approximate surface area is 146 Å². The molecule has 2 aromatic heterocycles. The van der Waals surface area contributed by atoms with Gasteiger partial charge >= 0.3 is 0 Å². The molecule has 6 nitrogen and oxygen atoms in total. The summed E-state index contributed by atoms with van der Waals surface area (Å²) in [6, 6.07) is 9.89. The van der Waals surface area contributed by atoms with Gasteiger partial charge in [0.1, 0.15) is 0 Å². The molecule has 1 aromatic carbocycles. The summed E-state index contributed by atoms with van der Waals surface area (Å²) in [5.74, 6) is 0.0366. The Balaban J connectivity index is 1.83. The van der Waals surface area contributed by atoms with Gasteiger partial charge < -0.3 is 10.2 Å². The summed E-state index contributed by atoms with van der Waals surface area (Å²) in [5.41, 5.74) is 3.12. The maximum atomic E-state index is 13.0. The smallest absolute Gasteiger partial charge is 0.257 e. The van der Waals surface area contributed by atoms with Crippen molar-refractivity contribution >= 4 is 28.3 Å². The first kappa shape index (κ1) is 15.6. The van der Waals surface area contributed by atoms with E-state index in [0.717, 1.165) is 54.9 Å². The topological polar surface area (TPSA) is 63.1 Å². The summed E-state index contributed by atoms with van der Waals surface area (Å²) in [6.07, 6.45) is 5.60. The molecule has 3 heterocycles. The van der Waals surface area contributed by atoms with Crippen LogP contribution in [-0.2, 0) is 6.54 Å². The van der Waals surface area contributed by atoms with Crippen LogP contribution >= 0.6 is 0 Å². The lowest BCUT2D eigenvalue weighted by molar-refractivity contribution is 0.0793. The zero-order valence-corrected chi connectivity index (χ0v) is 14.3. The fraction of sp³-hybridized carbons (Fsp3) is 0.316. The van der Waals surface area contributed by atoms with Crippen molar-refractivity contribution in [2.45, 2.75) is 26.3 Å². The normalized spacial score (nSPS) is 14.2. The molecule has 0 spiro atoms. The highest BCUT2D eigenvalue weighted by atomic mass is 16.2. The molecule has 1 fully saturated rings. The van der Waals surface area contributed by atoms with E-state index in [4.69, 9.17) is 0 Å².